The molecule has 1 fully saturated rings. The number of hydrogen-bond acceptors (Lipinski definition) is 5. The molecule has 3 aromatic carbocycles. The molecule has 1 aliphatic rings. The molecule has 0 bridgehead atoms. The predicted molar refractivity (Wildman–Crippen MR) is 162 cm³/mol. The van der Waals surface area contributed by atoms with Crippen molar-refractivity contribution in [3.8, 4) is 5.69 Å². The number of non-ortho nitro benzene ring substituents is 1. The fourth-order valence-corrected chi connectivity index (χ4v) is 6.22. The Bertz CT molecular complexity index is 1680. The van der Waals surface area contributed by atoms with Gasteiger partial charge in [-0.1, -0.05) is 35.5 Å². The molecule has 1 N–H and O–H groups in total. The Morgan fingerprint density at radius 1 is 0.900 bits per heavy atom. The van der Waals surface area contributed by atoms with E-state index in [-0.39, 0.29) is 17.8 Å². The van der Waals surface area contributed by atoms with Gasteiger partial charge in [0.2, 0.25) is 0 Å². The van der Waals surface area contributed by atoms with E-state index >= 15 is 0 Å². The molecule has 5 aromatic rings. The number of hydrogen-bond donors (Lipinski definition) is 1. The quantitative estimate of drug-likeness (QED) is 0.119. The molecule has 2 aromatic heterocycles. The van der Waals surface area contributed by atoms with E-state index in [1.807, 2.05) is 79.0 Å². The Morgan fingerprint density at radius 2 is 1.65 bits per heavy atom. The lowest BCUT2D eigenvalue weighted by molar-refractivity contribution is -0.384. The van der Waals surface area contributed by atoms with Crippen molar-refractivity contribution in [1.82, 2.24) is 14.9 Å². The number of anilines is 1. The molecule has 3 heterocycles. The zero-order valence-corrected chi connectivity index (χ0v) is 23.3. The largest absolute Gasteiger partial charge is 0.351 e. The Morgan fingerprint density at radius 3 is 2.33 bits per heavy atom. The molecule has 0 amide bonds. The molecule has 0 unspecified atom stereocenters. The number of nitrogens with zero attached hydrogens (tertiary/aromatic N) is 4. The van der Waals surface area contributed by atoms with Crippen LogP contribution >= 0.6 is 35.6 Å². The molecule has 40 heavy (non-hydrogen) atoms. The van der Waals surface area contributed by atoms with Crippen LogP contribution in [0.4, 0.5) is 11.4 Å². The van der Waals surface area contributed by atoms with Gasteiger partial charge >= 0.3 is 0 Å². The molecule has 2 atom stereocenters. The molecule has 0 radical (unpaired) electrons. The summed E-state index contributed by atoms with van der Waals surface area (Å²) in [6.07, 6.45) is 3.82. The highest BCUT2D eigenvalue weighted by Crippen LogP contribution is 2.43. The summed E-state index contributed by atoms with van der Waals surface area (Å²) in [4.78, 5) is 19.3. The first kappa shape index (κ1) is 26.1. The summed E-state index contributed by atoms with van der Waals surface area (Å²) >= 11 is 13.8. The fourth-order valence-electron chi connectivity index (χ4n) is 4.88. The highest BCUT2D eigenvalue weighted by Gasteiger charge is 2.42. The topological polar surface area (TPSA) is 76.2 Å². The molecule has 1 aliphatic heterocycles. The van der Waals surface area contributed by atoms with Gasteiger partial charge in [-0.15, -0.1) is 0 Å². The summed E-state index contributed by atoms with van der Waals surface area (Å²) in [6.45, 7) is 0. The highest BCUT2D eigenvalue weighted by atomic mass is 35.5. The molecule has 7 nitrogen and oxygen atoms in total. The molecule has 10 heteroatoms. The summed E-state index contributed by atoms with van der Waals surface area (Å²) in [5.41, 5.74) is 3.90. The second-order valence-corrected chi connectivity index (χ2v) is 11.1. The number of thiocarbonyl (C=S) groups is 1. The van der Waals surface area contributed by atoms with Gasteiger partial charge in [-0.3, -0.25) is 15.1 Å². The maximum absolute atomic E-state index is 11.0. The number of rotatable bonds is 7. The number of halogens is 1. The molecule has 1 saturated heterocycles. The van der Waals surface area contributed by atoms with Crippen LogP contribution in [-0.4, -0.2) is 19.6 Å². The third-order valence-electron chi connectivity index (χ3n) is 6.67. The van der Waals surface area contributed by atoms with Gasteiger partial charge in [0, 0.05) is 56.4 Å². The van der Waals surface area contributed by atoms with Crippen LogP contribution < -0.4 is 10.2 Å². The Kier molecular flexibility index (Phi) is 7.25. The number of nitro benzene ring substituents is 1. The van der Waals surface area contributed by atoms with E-state index in [9.17, 15) is 10.1 Å². The Balaban J connectivity index is 1.36. The van der Waals surface area contributed by atoms with Crippen LogP contribution in [-0.2, 0) is 0 Å². The van der Waals surface area contributed by atoms with Crippen LogP contribution in [0.3, 0.4) is 0 Å². The lowest BCUT2D eigenvalue weighted by Crippen LogP contribution is -2.30. The second kappa shape index (κ2) is 11.1. The first-order chi connectivity index (χ1) is 19.5. The zero-order chi connectivity index (χ0) is 27.6. The van der Waals surface area contributed by atoms with E-state index in [0.717, 1.165) is 32.6 Å². The SMILES string of the molecule is O=[N+]([O-])c1ccc(Sc2ccc(N3C(=S)N[C@H](c4ccccn4)[C@H]3c3cccn3-c3cccc(Cl)c3)cc2)cc1. The van der Waals surface area contributed by atoms with Crippen LogP contribution in [0.5, 0.6) is 0 Å². The van der Waals surface area contributed by atoms with Gasteiger partial charge in [0.15, 0.2) is 5.11 Å². The van der Waals surface area contributed by atoms with Crippen molar-refractivity contribution in [3.63, 3.8) is 0 Å². The van der Waals surface area contributed by atoms with E-state index in [0.29, 0.717) is 10.1 Å². The normalized spacial score (nSPS) is 16.6. The average Bonchev–Trinajstić information content (AvgIpc) is 3.59. The van der Waals surface area contributed by atoms with Crippen LogP contribution in [0, 0.1) is 10.1 Å². The third-order valence-corrected chi connectivity index (χ3v) is 8.23. The maximum Gasteiger partial charge on any atom is 0.269 e. The van der Waals surface area contributed by atoms with E-state index in [4.69, 9.17) is 23.8 Å². The van der Waals surface area contributed by atoms with Crippen molar-refractivity contribution in [2.24, 2.45) is 0 Å². The maximum atomic E-state index is 11.0. The molecule has 0 aliphatic carbocycles. The minimum Gasteiger partial charge on any atom is -0.351 e. The number of benzene rings is 3. The van der Waals surface area contributed by atoms with Crippen molar-refractivity contribution >= 4 is 52.1 Å². The van der Waals surface area contributed by atoms with Gasteiger partial charge in [-0.05, 0) is 91.1 Å². The Labute approximate surface area is 245 Å². The van der Waals surface area contributed by atoms with Crippen LogP contribution in [0.1, 0.15) is 23.5 Å². The van der Waals surface area contributed by atoms with Crippen LogP contribution in [0.25, 0.3) is 5.69 Å². The first-order valence-electron chi connectivity index (χ1n) is 12.4. The smallest absolute Gasteiger partial charge is 0.269 e. The monoisotopic (exact) mass is 583 g/mol. The Hall–Kier alpha value is -4.18. The van der Waals surface area contributed by atoms with Crippen molar-refractivity contribution in [1.29, 1.82) is 0 Å². The van der Waals surface area contributed by atoms with Gasteiger partial charge in [-0.2, -0.15) is 0 Å². The van der Waals surface area contributed by atoms with E-state index in [1.54, 1.807) is 30.1 Å². The molecular formula is C30H22ClN5O2S2. The first-order valence-corrected chi connectivity index (χ1v) is 14.0. The lowest BCUT2D eigenvalue weighted by atomic mass is 10.0. The minimum absolute atomic E-state index is 0.0748. The van der Waals surface area contributed by atoms with Gasteiger partial charge in [0.1, 0.15) is 6.04 Å². The third kappa shape index (κ3) is 5.19. The number of aromatic nitrogens is 2. The lowest BCUT2D eigenvalue weighted by Gasteiger charge is -2.29. The summed E-state index contributed by atoms with van der Waals surface area (Å²) in [5.74, 6) is 0. The average molecular weight is 584 g/mol. The van der Waals surface area contributed by atoms with Crippen LogP contribution in [0.2, 0.25) is 5.02 Å². The molecule has 0 spiro atoms. The standard InChI is InChI=1S/C30H22ClN5O2S2/c31-20-5-3-6-23(19-20)34-18-4-8-27(34)29-28(26-7-1-2-17-32-26)33-30(39)35(29)21-9-13-24(14-10-21)40-25-15-11-22(12-16-25)36(37)38/h1-19,28-29H,(H,33,39)/t28-,29-/m1/s1. The minimum atomic E-state index is -0.395. The van der Waals surface area contributed by atoms with E-state index < -0.39 is 4.92 Å². The molecule has 6 rings (SSSR count). The summed E-state index contributed by atoms with van der Waals surface area (Å²) in [7, 11) is 0. The van der Waals surface area contributed by atoms with Gasteiger partial charge < -0.3 is 14.8 Å². The summed E-state index contributed by atoms with van der Waals surface area (Å²) in [6, 6.07) is 32.1. The predicted octanol–water partition coefficient (Wildman–Crippen LogP) is 7.76. The van der Waals surface area contributed by atoms with Crippen molar-refractivity contribution < 1.29 is 4.92 Å². The molecule has 0 saturated carbocycles. The summed E-state index contributed by atoms with van der Waals surface area (Å²) < 4.78 is 2.13. The zero-order valence-electron chi connectivity index (χ0n) is 20.9. The molecular weight excluding hydrogens is 562 g/mol. The fraction of sp³-hybridized carbons (Fsp3) is 0.0667. The van der Waals surface area contributed by atoms with E-state index in [2.05, 4.69) is 25.8 Å². The molecule has 198 valence electrons. The van der Waals surface area contributed by atoms with Crippen molar-refractivity contribution in [2.45, 2.75) is 21.9 Å². The van der Waals surface area contributed by atoms with Gasteiger partial charge in [-0.25, -0.2) is 0 Å². The number of nitro groups is 1. The summed E-state index contributed by atoms with van der Waals surface area (Å²) in [5, 5.41) is 15.8. The van der Waals surface area contributed by atoms with Crippen molar-refractivity contribution in [2.75, 3.05) is 4.90 Å². The van der Waals surface area contributed by atoms with Gasteiger partial charge in [0.05, 0.1) is 16.7 Å². The number of pyridine rings is 1. The van der Waals surface area contributed by atoms with E-state index in [1.165, 1.54) is 12.1 Å². The van der Waals surface area contributed by atoms with Crippen LogP contribution in [0.15, 0.2) is 125 Å². The number of nitrogens with one attached hydrogen (secondary N) is 1. The van der Waals surface area contributed by atoms with Crippen molar-refractivity contribution in [3.05, 3.63) is 142 Å². The second-order valence-electron chi connectivity index (χ2n) is 9.13. The van der Waals surface area contributed by atoms with Gasteiger partial charge in [0.25, 0.3) is 5.69 Å². The highest BCUT2D eigenvalue weighted by molar-refractivity contribution is 7.99.